The zero-order chi connectivity index (χ0) is 16.2. The summed E-state index contributed by atoms with van der Waals surface area (Å²) in [6, 6.07) is 12.7. The maximum absolute atomic E-state index is 10.3. The summed E-state index contributed by atoms with van der Waals surface area (Å²) in [4.78, 5) is 8.48. The van der Waals surface area contributed by atoms with Crippen molar-refractivity contribution in [2.75, 3.05) is 19.0 Å². The molecule has 3 aromatic rings. The lowest BCUT2D eigenvalue weighted by Crippen LogP contribution is -2.13. The van der Waals surface area contributed by atoms with Gasteiger partial charge in [0.15, 0.2) is 0 Å². The van der Waals surface area contributed by atoms with Gasteiger partial charge in [-0.15, -0.1) is 0 Å². The van der Waals surface area contributed by atoms with Gasteiger partial charge < -0.3 is 15.2 Å². The van der Waals surface area contributed by atoms with E-state index in [1.807, 2.05) is 18.2 Å². The van der Waals surface area contributed by atoms with Crippen LogP contribution in [0.25, 0.3) is 10.9 Å². The van der Waals surface area contributed by atoms with Crippen molar-refractivity contribution in [2.24, 2.45) is 0 Å². The van der Waals surface area contributed by atoms with Gasteiger partial charge >= 0.3 is 0 Å². The van der Waals surface area contributed by atoms with Gasteiger partial charge in [-0.3, -0.25) is 0 Å². The summed E-state index contributed by atoms with van der Waals surface area (Å²) in [5, 5.41) is 14.9. The van der Waals surface area contributed by atoms with Gasteiger partial charge in [-0.05, 0) is 29.8 Å². The minimum absolute atomic E-state index is 0.333. The summed E-state index contributed by atoms with van der Waals surface area (Å²) >= 11 is 5.85. The van der Waals surface area contributed by atoms with Crippen LogP contribution in [-0.4, -0.2) is 28.7 Å². The van der Waals surface area contributed by atoms with Crippen LogP contribution < -0.4 is 10.1 Å². The van der Waals surface area contributed by atoms with Gasteiger partial charge in [0.2, 0.25) is 0 Å². The standard InChI is InChI=1S/C17H16ClN3O2/c1-23-13-6-7-14-15(8-13)20-10-21-17(14)19-9-16(22)11-2-4-12(18)5-3-11/h2-8,10,16,22H,9H2,1H3,(H,19,20,21). The van der Waals surface area contributed by atoms with E-state index in [-0.39, 0.29) is 0 Å². The van der Waals surface area contributed by atoms with Crippen LogP contribution in [0.3, 0.4) is 0 Å². The van der Waals surface area contributed by atoms with Crippen molar-refractivity contribution in [3.05, 3.63) is 59.4 Å². The lowest BCUT2D eigenvalue weighted by atomic mass is 10.1. The third-order valence-electron chi connectivity index (χ3n) is 3.56. The Bertz CT molecular complexity index is 809. The van der Waals surface area contributed by atoms with E-state index in [1.54, 1.807) is 31.4 Å². The molecule has 23 heavy (non-hydrogen) atoms. The van der Waals surface area contributed by atoms with Gasteiger partial charge in [-0.25, -0.2) is 9.97 Å². The summed E-state index contributed by atoms with van der Waals surface area (Å²) in [6.07, 6.45) is 0.828. The van der Waals surface area contributed by atoms with Gasteiger partial charge in [0.1, 0.15) is 17.9 Å². The molecular weight excluding hydrogens is 314 g/mol. The van der Waals surface area contributed by atoms with E-state index >= 15 is 0 Å². The van der Waals surface area contributed by atoms with Gasteiger partial charge in [0, 0.05) is 23.0 Å². The highest BCUT2D eigenvalue weighted by molar-refractivity contribution is 6.30. The SMILES string of the molecule is COc1ccc2c(NCC(O)c3ccc(Cl)cc3)ncnc2c1. The molecule has 0 aliphatic heterocycles. The van der Waals surface area contributed by atoms with E-state index < -0.39 is 6.10 Å². The third-order valence-corrected chi connectivity index (χ3v) is 3.81. The lowest BCUT2D eigenvalue weighted by molar-refractivity contribution is 0.191. The maximum Gasteiger partial charge on any atom is 0.137 e. The third kappa shape index (κ3) is 3.52. The molecule has 2 aromatic carbocycles. The predicted molar refractivity (Wildman–Crippen MR) is 91.0 cm³/mol. The van der Waals surface area contributed by atoms with Crippen molar-refractivity contribution in [1.82, 2.24) is 9.97 Å². The fourth-order valence-electron chi connectivity index (χ4n) is 2.30. The monoisotopic (exact) mass is 329 g/mol. The highest BCUT2D eigenvalue weighted by Gasteiger charge is 2.10. The molecule has 0 radical (unpaired) electrons. The molecule has 6 heteroatoms. The Morgan fingerprint density at radius 2 is 1.96 bits per heavy atom. The molecule has 3 rings (SSSR count). The first-order valence-electron chi connectivity index (χ1n) is 7.13. The van der Waals surface area contributed by atoms with Crippen LogP contribution in [0.4, 0.5) is 5.82 Å². The number of nitrogens with one attached hydrogen (secondary N) is 1. The first-order valence-corrected chi connectivity index (χ1v) is 7.51. The number of hydrogen-bond donors (Lipinski definition) is 2. The van der Waals surface area contributed by atoms with Crippen molar-refractivity contribution >= 4 is 28.3 Å². The molecule has 1 heterocycles. The van der Waals surface area contributed by atoms with Crippen LogP contribution >= 0.6 is 11.6 Å². The Kier molecular flexibility index (Phi) is 4.60. The number of aliphatic hydroxyl groups is 1. The van der Waals surface area contributed by atoms with Crippen LogP contribution in [0.5, 0.6) is 5.75 Å². The van der Waals surface area contributed by atoms with Gasteiger partial charge in [-0.2, -0.15) is 0 Å². The highest BCUT2D eigenvalue weighted by Crippen LogP contribution is 2.24. The number of methoxy groups -OCH3 is 1. The van der Waals surface area contributed by atoms with Crippen LogP contribution in [-0.2, 0) is 0 Å². The topological polar surface area (TPSA) is 67.3 Å². The normalized spacial score (nSPS) is 12.1. The molecule has 0 spiro atoms. The van der Waals surface area contributed by atoms with E-state index in [0.29, 0.717) is 17.4 Å². The highest BCUT2D eigenvalue weighted by atomic mass is 35.5. The molecule has 0 aliphatic carbocycles. The number of benzene rings is 2. The zero-order valence-corrected chi connectivity index (χ0v) is 13.3. The minimum atomic E-state index is -0.657. The minimum Gasteiger partial charge on any atom is -0.497 e. The first-order chi connectivity index (χ1) is 11.2. The molecule has 0 fully saturated rings. The molecule has 0 saturated heterocycles. The fraction of sp³-hybridized carbons (Fsp3) is 0.176. The molecule has 0 amide bonds. The number of ether oxygens (including phenoxy) is 1. The smallest absolute Gasteiger partial charge is 0.137 e. The van der Waals surface area contributed by atoms with Gasteiger partial charge in [-0.1, -0.05) is 23.7 Å². The maximum atomic E-state index is 10.3. The van der Waals surface area contributed by atoms with Crippen molar-refractivity contribution in [3.8, 4) is 5.75 Å². The Hall–Kier alpha value is -2.37. The second-order valence-corrected chi connectivity index (χ2v) is 5.49. The molecule has 0 bridgehead atoms. The molecule has 1 unspecified atom stereocenters. The molecule has 1 aromatic heterocycles. The number of rotatable bonds is 5. The van der Waals surface area contributed by atoms with E-state index in [2.05, 4.69) is 15.3 Å². The Balaban J connectivity index is 1.77. The van der Waals surface area contributed by atoms with Crippen molar-refractivity contribution in [2.45, 2.75) is 6.10 Å². The Labute approximate surface area is 138 Å². The molecule has 0 aliphatic rings. The number of fused-ring (bicyclic) bond motifs is 1. The van der Waals surface area contributed by atoms with E-state index in [9.17, 15) is 5.11 Å². The second-order valence-electron chi connectivity index (χ2n) is 5.05. The Morgan fingerprint density at radius 3 is 2.70 bits per heavy atom. The van der Waals surface area contributed by atoms with Crippen molar-refractivity contribution in [3.63, 3.8) is 0 Å². The van der Waals surface area contributed by atoms with Crippen LogP contribution in [0, 0.1) is 0 Å². The average molecular weight is 330 g/mol. The predicted octanol–water partition coefficient (Wildman–Crippen LogP) is 3.44. The molecule has 118 valence electrons. The van der Waals surface area contributed by atoms with Gasteiger partial charge in [0.05, 0.1) is 18.7 Å². The van der Waals surface area contributed by atoms with Crippen LogP contribution in [0.15, 0.2) is 48.8 Å². The lowest BCUT2D eigenvalue weighted by Gasteiger charge is -2.14. The van der Waals surface area contributed by atoms with Crippen molar-refractivity contribution in [1.29, 1.82) is 0 Å². The number of aliphatic hydroxyl groups excluding tert-OH is 1. The molecular formula is C17H16ClN3O2. The number of hydrogen-bond acceptors (Lipinski definition) is 5. The van der Waals surface area contributed by atoms with E-state index in [4.69, 9.17) is 16.3 Å². The molecule has 1 atom stereocenters. The van der Waals surface area contributed by atoms with E-state index in [0.717, 1.165) is 22.2 Å². The van der Waals surface area contributed by atoms with Gasteiger partial charge in [0.25, 0.3) is 0 Å². The molecule has 5 nitrogen and oxygen atoms in total. The van der Waals surface area contributed by atoms with E-state index in [1.165, 1.54) is 6.33 Å². The summed E-state index contributed by atoms with van der Waals surface area (Å²) in [5.74, 6) is 1.41. The summed E-state index contributed by atoms with van der Waals surface area (Å²) in [7, 11) is 1.62. The zero-order valence-electron chi connectivity index (χ0n) is 12.5. The largest absolute Gasteiger partial charge is 0.497 e. The number of nitrogens with zero attached hydrogens (tertiary/aromatic N) is 2. The summed E-state index contributed by atoms with van der Waals surface area (Å²) in [5.41, 5.74) is 1.57. The average Bonchev–Trinajstić information content (AvgIpc) is 2.59. The summed E-state index contributed by atoms with van der Waals surface area (Å²) < 4.78 is 5.20. The van der Waals surface area contributed by atoms with Crippen molar-refractivity contribution < 1.29 is 9.84 Å². The number of halogens is 1. The number of anilines is 1. The molecule has 0 saturated carbocycles. The van der Waals surface area contributed by atoms with Crippen LogP contribution in [0.1, 0.15) is 11.7 Å². The Morgan fingerprint density at radius 1 is 1.17 bits per heavy atom. The van der Waals surface area contributed by atoms with Crippen LogP contribution in [0.2, 0.25) is 5.02 Å². The molecule has 2 N–H and O–H groups in total. The number of aromatic nitrogens is 2. The summed E-state index contributed by atoms with van der Waals surface area (Å²) in [6.45, 7) is 0.333. The second kappa shape index (κ2) is 6.81. The first kappa shape index (κ1) is 15.5. The quantitative estimate of drug-likeness (QED) is 0.750. The fourth-order valence-corrected chi connectivity index (χ4v) is 2.43.